The summed E-state index contributed by atoms with van der Waals surface area (Å²) in [7, 11) is 3.04. The first kappa shape index (κ1) is 15.4. The van der Waals surface area contributed by atoms with Crippen molar-refractivity contribution in [1.29, 1.82) is 5.26 Å². The molecule has 0 fully saturated rings. The van der Waals surface area contributed by atoms with E-state index in [1.807, 2.05) is 30.3 Å². The van der Waals surface area contributed by atoms with Crippen molar-refractivity contribution in [2.45, 2.75) is 0 Å². The molecule has 0 spiro atoms. The third kappa shape index (κ3) is 2.75. The third-order valence-corrected chi connectivity index (χ3v) is 3.60. The van der Waals surface area contributed by atoms with E-state index in [1.165, 1.54) is 14.2 Å². The van der Waals surface area contributed by atoms with Gasteiger partial charge in [0.05, 0.1) is 25.3 Å². The first-order valence-electron chi connectivity index (χ1n) is 7.18. The van der Waals surface area contributed by atoms with Gasteiger partial charge in [0.1, 0.15) is 28.9 Å². The van der Waals surface area contributed by atoms with Crippen molar-refractivity contribution in [1.82, 2.24) is 9.97 Å². The van der Waals surface area contributed by atoms with E-state index in [9.17, 15) is 10.4 Å². The number of hydrogen-bond donors (Lipinski definition) is 2. The van der Waals surface area contributed by atoms with Gasteiger partial charge in [-0.05, 0) is 24.3 Å². The number of aromatic amines is 1. The molecule has 0 aliphatic heterocycles. The molecular weight excluding hydrogens is 306 g/mol. The lowest BCUT2D eigenvalue weighted by Crippen LogP contribution is -1.95. The van der Waals surface area contributed by atoms with E-state index in [2.05, 4.69) is 9.97 Å². The van der Waals surface area contributed by atoms with Gasteiger partial charge >= 0.3 is 0 Å². The van der Waals surface area contributed by atoms with Crippen molar-refractivity contribution in [2.24, 2.45) is 0 Å². The molecule has 2 aromatic carbocycles. The first-order chi connectivity index (χ1) is 11.7. The second kappa shape index (κ2) is 6.34. The van der Waals surface area contributed by atoms with Crippen LogP contribution in [-0.4, -0.2) is 29.3 Å². The minimum absolute atomic E-state index is 0.0431. The molecule has 0 aliphatic carbocycles. The summed E-state index contributed by atoms with van der Waals surface area (Å²) in [5.74, 6) is 1.13. The zero-order valence-corrected chi connectivity index (χ0v) is 13.2. The molecule has 0 saturated carbocycles. The Balaban J connectivity index is 2.16. The van der Waals surface area contributed by atoms with Crippen LogP contribution in [0, 0.1) is 11.3 Å². The van der Waals surface area contributed by atoms with E-state index in [4.69, 9.17) is 9.47 Å². The lowest BCUT2D eigenvalue weighted by molar-refractivity contribution is 0.393. The highest BCUT2D eigenvalue weighted by atomic mass is 16.5. The van der Waals surface area contributed by atoms with Crippen LogP contribution in [-0.2, 0) is 0 Å². The van der Waals surface area contributed by atoms with E-state index in [1.54, 1.807) is 18.2 Å². The minimum atomic E-state index is -0.200. The van der Waals surface area contributed by atoms with Crippen molar-refractivity contribution >= 4 is 22.4 Å². The highest BCUT2D eigenvalue weighted by Gasteiger charge is 2.16. The van der Waals surface area contributed by atoms with Crippen molar-refractivity contribution in [3.05, 3.63) is 53.9 Å². The van der Waals surface area contributed by atoms with E-state index >= 15 is 0 Å². The standard InChI is InChI=1S/C18H15N3O3/c1-23-12-7-11(8-13(9-12)24-2)17(22)14(10-19)18-20-15-5-3-4-6-16(15)21-18/h3-9,22H,1-2H3,(H,20,21). The predicted octanol–water partition coefficient (Wildman–Crippen LogP) is 3.53. The second-order valence-corrected chi connectivity index (χ2v) is 5.04. The maximum atomic E-state index is 10.6. The molecule has 3 aromatic rings. The highest BCUT2D eigenvalue weighted by molar-refractivity contribution is 5.94. The van der Waals surface area contributed by atoms with Gasteiger partial charge in [0.15, 0.2) is 5.82 Å². The normalized spacial score (nSPS) is 11.7. The summed E-state index contributed by atoms with van der Waals surface area (Å²) in [4.78, 5) is 7.40. The van der Waals surface area contributed by atoms with E-state index in [-0.39, 0.29) is 11.3 Å². The Bertz CT molecular complexity index is 912. The van der Waals surface area contributed by atoms with Gasteiger partial charge in [-0.3, -0.25) is 0 Å². The van der Waals surface area contributed by atoms with Crippen LogP contribution in [0.1, 0.15) is 11.4 Å². The number of rotatable bonds is 4. The number of nitrogens with one attached hydrogen (secondary N) is 1. The average molecular weight is 321 g/mol. The number of aliphatic hydroxyl groups is 1. The Morgan fingerprint density at radius 1 is 1.12 bits per heavy atom. The molecule has 1 aromatic heterocycles. The number of allylic oxidation sites excluding steroid dienone is 1. The molecule has 120 valence electrons. The summed E-state index contributed by atoms with van der Waals surface area (Å²) >= 11 is 0. The quantitative estimate of drug-likeness (QED) is 0.566. The molecule has 6 heteroatoms. The van der Waals surface area contributed by atoms with Gasteiger partial charge in [-0.15, -0.1) is 0 Å². The number of aliphatic hydroxyl groups excluding tert-OH is 1. The zero-order valence-electron chi connectivity index (χ0n) is 13.2. The molecular formula is C18H15N3O3. The lowest BCUT2D eigenvalue weighted by atomic mass is 10.1. The maximum absolute atomic E-state index is 10.6. The van der Waals surface area contributed by atoms with Gasteiger partial charge in [0, 0.05) is 11.6 Å². The van der Waals surface area contributed by atoms with Crippen molar-refractivity contribution in [2.75, 3.05) is 14.2 Å². The molecule has 0 unspecified atom stereocenters. The van der Waals surface area contributed by atoms with Crippen LogP contribution in [0.15, 0.2) is 42.5 Å². The summed E-state index contributed by atoms with van der Waals surface area (Å²) < 4.78 is 10.4. The van der Waals surface area contributed by atoms with Gasteiger partial charge in [-0.25, -0.2) is 4.98 Å². The van der Waals surface area contributed by atoms with Gasteiger partial charge < -0.3 is 19.6 Å². The number of imidazole rings is 1. The van der Waals surface area contributed by atoms with Gasteiger partial charge in [0.25, 0.3) is 0 Å². The monoisotopic (exact) mass is 321 g/mol. The summed E-state index contributed by atoms with van der Waals surface area (Å²) in [5.41, 5.74) is 1.96. The Morgan fingerprint density at radius 2 is 1.79 bits per heavy atom. The van der Waals surface area contributed by atoms with E-state index < -0.39 is 0 Å². The summed E-state index contributed by atoms with van der Waals surface area (Å²) in [6.07, 6.45) is 0. The number of aromatic nitrogens is 2. The largest absolute Gasteiger partial charge is 0.506 e. The highest BCUT2D eigenvalue weighted by Crippen LogP contribution is 2.30. The third-order valence-electron chi connectivity index (χ3n) is 3.60. The maximum Gasteiger partial charge on any atom is 0.153 e. The SMILES string of the molecule is COc1cc(OC)cc(C(O)=C(C#N)c2nc3ccccc3[nH]2)c1. The molecule has 0 saturated heterocycles. The van der Waals surface area contributed by atoms with Gasteiger partial charge in [0.2, 0.25) is 0 Å². The van der Waals surface area contributed by atoms with Crippen LogP contribution >= 0.6 is 0 Å². The van der Waals surface area contributed by atoms with Crippen LogP contribution in [0.4, 0.5) is 0 Å². The molecule has 2 N–H and O–H groups in total. The molecule has 0 atom stereocenters. The number of H-pyrrole nitrogens is 1. The molecule has 0 bridgehead atoms. The summed E-state index contributed by atoms with van der Waals surface area (Å²) in [6.45, 7) is 0. The zero-order chi connectivity index (χ0) is 17.1. The minimum Gasteiger partial charge on any atom is -0.506 e. The molecule has 24 heavy (non-hydrogen) atoms. The number of hydrogen-bond acceptors (Lipinski definition) is 5. The fourth-order valence-electron chi connectivity index (χ4n) is 2.38. The van der Waals surface area contributed by atoms with Crippen LogP contribution < -0.4 is 9.47 Å². The van der Waals surface area contributed by atoms with Gasteiger partial charge in [-0.1, -0.05) is 12.1 Å². The Kier molecular flexibility index (Phi) is 4.08. The predicted molar refractivity (Wildman–Crippen MR) is 90.7 cm³/mol. The lowest BCUT2D eigenvalue weighted by Gasteiger charge is -2.08. The first-order valence-corrected chi connectivity index (χ1v) is 7.18. The van der Waals surface area contributed by atoms with Crippen LogP contribution in [0.3, 0.4) is 0 Å². The number of methoxy groups -OCH3 is 2. The van der Waals surface area contributed by atoms with Crippen molar-refractivity contribution in [3.8, 4) is 17.6 Å². The number of ether oxygens (including phenoxy) is 2. The van der Waals surface area contributed by atoms with Crippen molar-refractivity contribution < 1.29 is 14.6 Å². The summed E-state index contributed by atoms with van der Waals surface area (Å²) in [6, 6.07) is 14.3. The Hall–Kier alpha value is -3.46. The fraction of sp³-hybridized carbons (Fsp3) is 0.111. The molecule has 0 aliphatic rings. The molecule has 0 radical (unpaired) electrons. The molecule has 0 amide bonds. The summed E-state index contributed by atoms with van der Waals surface area (Å²) in [5, 5.41) is 20.1. The molecule has 6 nitrogen and oxygen atoms in total. The Labute approximate surface area is 138 Å². The number of nitrogens with zero attached hydrogens (tertiary/aromatic N) is 2. The molecule has 1 heterocycles. The van der Waals surface area contributed by atoms with Gasteiger partial charge in [-0.2, -0.15) is 5.26 Å². The van der Waals surface area contributed by atoms with E-state index in [0.717, 1.165) is 11.0 Å². The number of benzene rings is 2. The number of para-hydroxylation sites is 2. The topological polar surface area (TPSA) is 91.2 Å². The van der Waals surface area contributed by atoms with Crippen LogP contribution in [0.5, 0.6) is 11.5 Å². The second-order valence-electron chi connectivity index (χ2n) is 5.04. The van der Waals surface area contributed by atoms with Crippen LogP contribution in [0.25, 0.3) is 22.4 Å². The number of fused-ring (bicyclic) bond motifs is 1. The number of nitriles is 1. The van der Waals surface area contributed by atoms with E-state index in [0.29, 0.717) is 22.9 Å². The van der Waals surface area contributed by atoms with Crippen LogP contribution in [0.2, 0.25) is 0 Å². The molecule has 3 rings (SSSR count). The fourth-order valence-corrected chi connectivity index (χ4v) is 2.38. The average Bonchev–Trinajstić information content (AvgIpc) is 3.05. The Morgan fingerprint density at radius 3 is 2.38 bits per heavy atom. The smallest absolute Gasteiger partial charge is 0.153 e. The van der Waals surface area contributed by atoms with Crippen molar-refractivity contribution in [3.63, 3.8) is 0 Å².